The van der Waals surface area contributed by atoms with Gasteiger partial charge in [-0.2, -0.15) is 0 Å². The Labute approximate surface area is 166 Å². The summed E-state index contributed by atoms with van der Waals surface area (Å²) in [5, 5.41) is 24.7. The summed E-state index contributed by atoms with van der Waals surface area (Å²) in [7, 11) is -3.86. The standard InChI is InChI=1S/C17H17N7O4S/c25-24(26)13-4-3-5-14(12-13)29(27,28)20-11-10-19-16-7-8-17(23-22-16)21-15-6-1-2-9-18-15/h1-9,12,20H,10-11H2,(H,19,22)(H,18,21,23). The molecule has 3 aromatic rings. The van der Waals surface area contributed by atoms with E-state index < -0.39 is 14.9 Å². The van der Waals surface area contributed by atoms with Gasteiger partial charge in [-0.25, -0.2) is 18.1 Å². The average molecular weight is 415 g/mol. The van der Waals surface area contributed by atoms with Gasteiger partial charge in [0.15, 0.2) is 5.82 Å². The van der Waals surface area contributed by atoms with Crippen LogP contribution in [0, 0.1) is 10.1 Å². The summed E-state index contributed by atoms with van der Waals surface area (Å²) in [6.45, 7) is 0.302. The van der Waals surface area contributed by atoms with E-state index in [1.165, 1.54) is 18.2 Å². The molecular weight excluding hydrogens is 398 g/mol. The summed E-state index contributed by atoms with van der Waals surface area (Å²) in [5.74, 6) is 1.62. The third kappa shape index (κ3) is 5.67. The molecule has 0 fully saturated rings. The van der Waals surface area contributed by atoms with Crippen LogP contribution in [0.4, 0.5) is 23.1 Å². The fourth-order valence-electron chi connectivity index (χ4n) is 2.28. The zero-order valence-electron chi connectivity index (χ0n) is 15.0. The van der Waals surface area contributed by atoms with Gasteiger partial charge in [0.2, 0.25) is 10.0 Å². The lowest BCUT2D eigenvalue weighted by Gasteiger charge is -2.09. The topological polar surface area (TPSA) is 152 Å². The third-order valence-electron chi connectivity index (χ3n) is 3.65. The maximum Gasteiger partial charge on any atom is 0.270 e. The number of nitrogens with one attached hydrogen (secondary N) is 3. The second-order valence-corrected chi connectivity index (χ2v) is 7.49. The van der Waals surface area contributed by atoms with Crippen molar-refractivity contribution in [2.75, 3.05) is 23.7 Å². The zero-order chi connectivity index (χ0) is 20.7. The molecule has 0 atom stereocenters. The molecule has 0 amide bonds. The summed E-state index contributed by atoms with van der Waals surface area (Å²) >= 11 is 0. The lowest BCUT2D eigenvalue weighted by atomic mass is 10.3. The predicted octanol–water partition coefficient (Wildman–Crippen LogP) is 1.91. The van der Waals surface area contributed by atoms with Crippen LogP contribution in [0.25, 0.3) is 0 Å². The molecule has 11 nitrogen and oxygen atoms in total. The second-order valence-electron chi connectivity index (χ2n) is 5.72. The summed E-state index contributed by atoms with van der Waals surface area (Å²) < 4.78 is 26.8. The van der Waals surface area contributed by atoms with Crippen molar-refractivity contribution in [3.8, 4) is 0 Å². The molecule has 12 heteroatoms. The first-order chi connectivity index (χ1) is 13.9. The van der Waals surface area contributed by atoms with E-state index >= 15 is 0 Å². The summed E-state index contributed by atoms with van der Waals surface area (Å²) in [4.78, 5) is 14.1. The molecule has 2 heterocycles. The van der Waals surface area contributed by atoms with Gasteiger partial charge in [0, 0.05) is 31.4 Å². The molecular formula is C17H17N7O4S. The SMILES string of the molecule is O=[N+]([O-])c1cccc(S(=O)(=O)NCCNc2ccc(Nc3ccccn3)nn2)c1. The maximum absolute atomic E-state index is 12.2. The van der Waals surface area contributed by atoms with Crippen molar-refractivity contribution in [2.24, 2.45) is 0 Å². The van der Waals surface area contributed by atoms with E-state index in [4.69, 9.17) is 0 Å². The number of hydrogen-bond donors (Lipinski definition) is 3. The first-order valence-corrected chi connectivity index (χ1v) is 9.92. The first-order valence-electron chi connectivity index (χ1n) is 8.44. The smallest absolute Gasteiger partial charge is 0.270 e. The molecule has 150 valence electrons. The van der Waals surface area contributed by atoms with E-state index in [1.807, 2.05) is 6.07 Å². The lowest BCUT2D eigenvalue weighted by molar-refractivity contribution is -0.385. The van der Waals surface area contributed by atoms with Gasteiger partial charge in [0.25, 0.3) is 5.69 Å². The van der Waals surface area contributed by atoms with Crippen LogP contribution in [0.15, 0.2) is 65.7 Å². The number of anilines is 3. The summed E-state index contributed by atoms with van der Waals surface area (Å²) in [6, 6.07) is 13.7. The Hall–Kier alpha value is -3.64. The third-order valence-corrected chi connectivity index (χ3v) is 5.11. The Balaban J connectivity index is 1.50. The molecule has 3 N–H and O–H groups in total. The van der Waals surface area contributed by atoms with E-state index in [1.54, 1.807) is 30.5 Å². The van der Waals surface area contributed by atoms with Gasteiger partial charge in [-0.3, -0.25) is 10.1 Å². The molecule has 0 radical (unpaired) electrons. The lowest BCUT2D eigenvalue weighted by Crippen LogP contribution is -2.29. The van der Waals surface area contributed by atoms with Gasteiger partial charge in [0.05, 0.1) is 9.82 Å². The molecule has 29 heavy (non-hydrogen) atoms. The highest BCUT2D eigenvalue weighted by atomic mass is 32.2. The number of nitro groups is 1. The molecule has 0 aliphatic heterocycles. The van der Waals surface area contributed by atoms with Gasteiger partial charge >= 0.3 is 0 Å². The number of pyridine rings is 1. The van der Waals surface area contributed by atoms with Crippen molar-refractivity contribution in [3.05, 3.63) is 70.9 Å². The largest absolute Gasteiger partial charge is 0.367 e. The van der Waals surface area contributed by atoms with Crippen molar-refractivity contribution >= 4 is 33.2 Å². The van der Waals surface area contributed by atoms with Crippen LogP contribution >= 0.6 is 0 Å². The van der Waals surface area contributed by atoms with Gasteiger partial charge in [-0.1, -0.05) is 12.1 Å². The van der Waals surface area contributed by atoms with Crippen LogP contribution in [0.1, 0.15) is 0 Å². The Bertz CT molecular complexity index is 1080. The molecule has 0 saturated heterocycles. The summed E-state index contributed by atoms with van der Waals surface area (Å²) in [5.41, 5.74) is -0.291. The normalized spacial score (nSPS) is 11.0. The zero-order valence-corrected chi connectivity index (χ0v) is 15.8. The fourth-order valence-corrected chi connectivity index (χ4v) is 3.36. The predicted molar refractivity (Wildman–Crippen MR) is 106 cm³/mol. The van der Waals surface area contributed by atoms with Crippen molar-refractivity contribution in [3.63, 3.8) is 0 Å². The van der Waals surface area contributed by atoms with Gasteiger partial charge in [-0.15, -0.1) is 10.2 Å². The number of aromatic nitrogens is 3. The van der Waals surface area contributed by atoms with E-state index in [0.717, 1.165) is 6.07 Å². The van der Waals surface area contributed by atoms with E-state index in [2.05, 4.69) is 30.5 Å². The Morgan fingerprint density at radius 3 is 2.41 bits per heavy atom. The highest BCUT2D eigenvalue weighted by molar-refractivity contribution is 7.89. The summed E-state index contributed by atoms with van der Waals surface area (Å²) in [6.07, 6.45) is 1.65. The highest BCUT2D eigenvalue weighted by Crippen LogP contribution is 2.17. The van der Waals surface area contributed by atoms with E-state index in [9.17, 15) is 18.5 Å². The number of nitrogens with zero attached hydrogens (tertiary/aromatic N) is 4. The fraction of sp³-hybridized carbons (Fsp3) is 0.118. The van der Waals surface area contributed by atoms with Crippen LogP contribution in [-0.4, -0.2) is 41.6 Å². The molecule has 0 unspecified atom stereocenters. The minimum absolute atomic E-state index is 0.0562. The number of hydrogen-bond acceptors (Lipinski definition) is 9. The van der Waals surface area contributed by atoms with Crippen molar-refractivity contribution in [1.29, 1.82) is 0 Å². The molecule has 2 aromatic heterocycles. The van der Waals surface area contributed by atoms with Crippen molar-refractivity contribution < 1.29 is 13.3 Å². The van der Waals surface area contributed by atoms with Crippen LogP contribution < -0.4 is 15.4 Å². The van der Waals surface area contributed by atoms with Crippen LogP contribution in [-0.2, 0) is 10.0 Å². The molecule has 0 bridgehead atoms. The number of nitro benzene ring substituents is 1. The van der Waals surface area contributed by atoms with Crippen molar-refractivity contribution in [1.82, 2.24) is 19.9 Å². The number of sulfonamides is 1. The molecule has 0 aliphatic rings. The van der Waals surface area contributed by atoms with Gasteiger partial charge in [0.1, 0.15) is 11.6 Å². The van der Waals surface area contributed by atoms with Gasteiger partial charge < -0.3 is 10.6 Å². The maximum atomic E-state index is 12.2. The molecule has 1 aromatic carbocycles. The molecule has 0 spiro atoms. The van der Waals surface area contributed by atoms with Crippen LogP contribution in [0.3, 0.4) is 0 Å². The average Bonchev–Trinajstić information content (AvgIpc) is 2.73. The second kappa shape index (κ2) is 9.03. The quantitative estimate of drug-likeness (QED) is 0.270. The van der Waals surface area contributed by atoms with Crippen molar-refractivity contribution in [2.45, 2.75) is 4.90 Å². The molecule has 0 aliphatic carbocycles. The van der Waals surface area contributed by atoms with Crippen LogP contribution in [0.5, 0.6) is 0 Å². The van der Waals surface area contributed by atoms with Crippen LogP contribution in [0.2, 0.25) is 0 Å². The Kier molecular flexibility index (Phi) is 6.26. The Morgan fingerprint density at radius 1 is 0.931 bits per heavy atom. The first kappa shape index (κ1) is 20.1. The number of non-ortho nitro benzene ring substituents is 1. The molecule has 3 rings (SSSR count). The minimum atomic E-state index is -3.86. The monoisotopic (exact) mass is 415 g/mol. The minimum Gasteiger partial charge on any atom is -0.367 e. The number of rotatable bonds is 9. The molecule has 0 saturated carbocycles. The van der Waals surface area contributed by atoms with E-state index in [-0.39, 0.29) is 23.7 Å². The number of benzene rings is 1. The van der Waals surface area contributed by atoms with Gasteiger partial charge in [-0.05, 0) is 30.3 Å². The Morgan fingerprint density at radius 2 is 1.72 bits per heavy atom. The van der Waals surface area contributed by atoms with E-state index in [0.29, 0.717) is 17.5 Å². The highest BCUT2D eigenvalue weighted by Gasteiger charge is 2.16.